The van der Waals surface area contributed by atoms with E-state index in [0.29, 0.717) is 12.1 Å². The van der Waals surface area contributed by atoms with Crippen LogP contribution >= 0.6 is 15.6 Å². The van der Waals surface area contributed by atoms with Gasteiger partial charge in [-0.1, -0.05) is 6.07 Å². The Morgan fingerprint density at radius 2 is 1.59 bits per heavy atom. The van der Waals surface area contributed by atoms with E-state index >= 15 is 0 Å². The van der Waals surface area contributed by atoms with Crippen LogP contribution in [-0.2, 0) is 13.4 Å². The molecule has 0 saturated heterocycles. The van der Waals surface area contributed by atoms with Gasteiger partial charge in [0.2, 0.25) is 0 Å². The third-order valence-electron chi connectivity index (χ3n) is 1.99. The van der Waals surface area contributed by atoms with Gasteiger partial charge in [-0.05, 0) is 24.7 Å². The summed E-state index contributed by atoms with van der Waals surface area (Å²) in [6.45, 7) is 0.407. The molecule has 0 aliphatic heterocycles. The molecular weight excluding hydrogens is 344 g/mol. The Balaban J connectivity index is 0.000000433. The van der Waals surface area contributed by atoms with E-state index in [9.17, 15) is 14.2 Å². The predicted molar refractivity (Wildman–Crippen MR) is 73.8 cm³/mol. The van der Waals surface area contributed by atoms with Gasteiger partial charge in [0.15, 0.2) is 11.5 Å². The Kier molecular flexibility index (Phi) is 8.19. The van der Waals surface area contributed by atoms with Gasteiger partial charge in [-0.15, -0.1) is 0 Å². The van der Waals surface area contributed by atoms with E-state index in [0.717, 1.165) is 0 Å². The quantitative estimate of drug-likeness (QED) is 0.249. The van der Waals surface area contributed by atoms with Crippen LogP contribution in [0.25, 0.3) is 0 Å². The molecule has 0 amide bonds. The number of rotatable bonds is 5. The summed E-state index contributed by atoms with van der Waals surface area (Å²) in [5.74, 6) is -0.395. The molecule has 128 valence electrons. The number of phosphoric acid groups is 2. The third kappa shape index (κ3) is 9.85. The molecule has 1 atom stereocenters. The van der Waals surface area contributed by atoms with E-state index in [4.69, 9.17) is 29.8 Å². The molecule has 1 aromatic carbocycles. The summed E-state index contributed by atoms with van der Waals surface area (Å²) in [4.78, 5) is 31.0. The number of phenols is 2. The maximum absolute atomic E-state index is 9.63. The highest BCUT2D eigenvalue weighted by molar-refractivity contribution is 7.60. The highest BCUT2D eigenvalue weighted by Gasteiger charge is 2.27. The van der Waals surface area contributed by atoms with Crippen molar-refractivity contribution < 1.29 is 48.3 Å². The molecule has 0 heterocycles. The molecule has 0 aromatic heterocycles. The number of phenolic OH excluding ortho intramolecular Hbond substituents is 2. The second-order valence-electron chi connectivity index (χ2n) is 3.88. The summed E-state index contributed by atoms with van der Waals surface area (Å²) in [6, 6.07) is 4.26. The Morgan fingerprint density at radius 1 is 1.09 bits per heavy atom. The SMILES string of the molecule is CNC[C@H](O)c1ccc(O)c(O)c1.O=P(O)(O)OP(=O)(O)O. The molecule has 1 aromatic rings. The average molecular weight is 361 g/mol. The molecule has 0 spiro atoms. The number of aromatic hydroxyl groups is 2. The average Bonchev–Trinajstić information content (AvgIpc) is 2.29. The maximum Gasteiger partial charge on any atom is 0.478 e. The molecule has 0 radical (unpaired) electrons. The first-order chi connectivity index (χ1) is 9.85. The zero-order chi connectivity index (χ0) is 17.6. The largest absolute Gasteiger partial charge is 0.504 e. The van der Waals surface area contributed by atoms with Gasteiger partial charge in [-0.3, -0.25) is 0 Å². The van der Waals surface area contributed by atoms with E-state index in [2.05, 4.69) is 9.63 Å². The smallest absolute Gasteiger partial charge is 0.478 e. The number of aliphatic hydroxyl groups is 1. The number of nitrogens with one attached hydrogen (secondary N) is 1. The number of aliphatic hydroxyl groups excluding tert-OH is 1. The van der Waals surface area contributed by atoms with Crippen LogP contribution in [0.15, 0.2) is 18.2 Å². The van der Waals surface area contributed by atoms with Crippen molar-refractivity contribution >= 4 is 15.6 Å². The lowest BCUT2D eigenvalue weighted by Gasteiger charge is -2.10. The van der Waals surface area contributed by atoms with Gasteiger partial charge in [0.25, 0.3) is 0 Å². The molecule has 0 aliphatic carbocycles. The zero-order valence-corrected chi connectivity index (χ0v) is 13.1. The Hall–Kier alpha value is -1.00. The molecule has 0 bridgehead atoms. The van der Waals surface area contributed by atoms with Gasteiger partial charge in [0.05, 0.1) is 6.10 Å². The van der Waals surface area contributed by atoms with Crippen LogP contribution in [0.5, 0.6) is 11.5 Å². The molecule has 0 unspecified atom stereocenters. The van der Waals surface area contributed by atoms with Crippen molar-refractivity contribution in [3.8, 4) is 11.5 Å². The van der Waals surface area contributed by atoms with Gasteiger partial charge in [0.1, 0.15) is 0 Å². The van der Waals surface area contributed by atoms with Crippen LogP contribution in [0.2, 0.25) is 0 Å². The van der Waals surface area contributed by atoms with Crippen molar-refractivity contribution in [2.24, 2.45) is 0 Å². The molecule has 0 saturated carbocycles. The fourth-order valence-electron chi connectivity index (χ4n) is 1.20. The Bertz CT molecular complexity index is 548. The van der Waals surface area contributed by atoms with E-state index in [1.165, 1.54) is 12.1 Å². The van der Waals surface area contributed by atoms with Gasteiger partial charge in [-0.2, -0.15) is 4.31 Å². The van der Waals surface area contributed by atoms with Crippen LogP contribution in [-0.4, -0.2) is 48.5 Å². The summed E-state index contributed by atoms with van der Waals surface area (Å²) in [6.07, 6.45) is -0.670. The van der Waals surface area contributed by atoms with E-state index < -0.39 is 21.7 Å². The van der Waals surface area contributed by atoms with Gasteiger partial charge in [-0.25, -0.2) is 9.13 Å². The van der Waals surface area contributed by atoms with Crippen molar-refractivity contribution in [3.05, 3.63) is 23.8 Å². The van der Waals surface area contributed by atoms with Crippen molar-refractivity contribution in [1.82, 2.24) is 5.32 Å². The summed E-state index contributed by atoms with van der Waals surface area (Å²) in [5.41, 5.74) is 0.574. The minimum absolute atomic E-state index is 0.180. The van der Waals surface area contributed by atoms with Gasteiger partial charge < -0.3 is 40.2 Å². The van der Waals surface area contributed by atoms with Gasteiger partial charge in [0, 0.05) is 6.54 Å². The van der Waals surface area contributed by atoms with Crippen molar-refractivity contribution in [3.63, 3.8) is 0 Å². The lowest BCUT2D eigenvalue weighted by molar-refractivity contribution is 0.177. The molecule has 0 fully saturated rings. The zero-order valence-electron chi connectivity index (χ0n) is 11.3. The lowest BCUT2D eigenvalue weighted by Crippen LogP contribution is -2.16. The standard InChI is InChI=1S/C9H13NO3.H4O7P2/c1-10-5-9(13)6-2-3-7(11)8(12)4-6;1-8(2,3)7-9(4,5)6/h2-4,9-13H,5H2,1H3;(H2,1,2,3)(H2,4,5,6)/t9-;/m0./s1. The summed E-state index contributed by atoms with van der Waals surface area (Å²) in [7, 11) is -8.38. The molecule has 8 N–H and O–H groups in total. The first-order valence-corrected chi connectivity index (χ1v) is 8.58. The third-order valence-corrected chi connectivity index (χ3v) is 3.70. The summed E-state index contributed by atoms with van der Waals surface area (Å²) >= 11 is 0. The van der Waals surface area contributed by atoms with E-state index in [-0.39, 0.29) is 11.5 Å². The van der Waals surface area contributed by atoms with Gasteiger partial charge >= 0.3 is 15.6 Å². The second kappa shape index (κ2) is 8.59. The molecule has 11 nitrogen and oxygen atoms in total. The van der Waals surface area contributed by atoms with Crippen molar-refractivity contribution in [2.45, 2.75) is 6.10 Å². The molecule has 0 aliphatic rings. The van der Waals surface area contributed by atoms with Crippen LogP contribution in [0.1, 0.15) is 11.7 Å². The Labute approximate surface area is 125 Å². The minimum Gasteiger partial charge on any atom is -0.504 e. The van der Waals surface area contributed by atoms with Crippen LogP contribution < -0.4 is 5.32 Å². The lowest BCUT2D eigenvalue weighted by atomic mass is 10.1. The predicted octanol–water partition coefficient (Wildman–Crippen LogP) is -0.461. The van der Waals surface area contributed by atoms with Crippen LogP contribution in [0, 0.1) is 0 Å². The molecule has 13 heteroatoms. The first-order valence-electron chi connectivity index (χ1n) is 5.52. The molecule has 22 heavy (non-hydrogen) atoms. The number of likely N-dealkylation sites (N-methyl/N-ethyl adjacent to an activating group) is 1. The number of benzene rings is 1. The number of hydrogen-bond donors (Lipinski definition) is 8. The summed E-state index contributed by atoms with van der Waals surface area (Å²) in [5, 5.41) is 30.4. The topological polar surface area (TPSA) is 197 Å². The monoisotopic (exact) mass is 361 g/mol. The van der Waals surface area contributed by atoms with E-state index in [1.807, 2.05) is 0 Å². The number of hydrogen-bond acceptors (Lipinski definition) is 7. The molecule has 1 rings (SSSR count). The fourth-order valence-corrected chi connectivity index (χ4v) is 2.31. The summed E-state index contributed by atoms with van der Waals surface area (Å²) < 4.78 is 22.2. The minimum atomic E-state index is -5.05. The second-order valence-corrected chi connectivity index (χ2v) is 6.50. The highest BCUT2D eigenvalue weighted by Crippen LogP contribution is 2.53. The maximum atomic E-state index is 9.63. The van der Waals surface area contributed by atoms with E-state index in [1.54, 1.807) is 13.1 Å². The first kappa shape index (κ1) is 21.0. The molecular formula is C9H17NO10P2. The Morgan fingerprint density at radius 3 is 1.91 bits per heavy atom. The highest BCUT2D eigenvalue weighted by atomic mass is 31.3. The van der Waals surface area contributed by atoms with Crippen molar-refractivity contribution in [2.75, 3.05) is 13.6 Å². The fraction of sp³-hybridized carbons (Fsp3) is 0.333. The van der Waals surface area contributed by atoms with Crippen LogP contribution in [0.4, 0.5) is 0 Å². The van der Waals surface area contributed by atoms with Crippen molar-refractivity contribution in [1.29, 1.82) is 0 Å². The van der Waals surface area contributed by atoms with Crippen LogP contribution in [0.3, 0.4) is 0 Å². The normalized spacial score (nSPS) is 13.2.